The predicted octanol–water partition coefficient (Wildman–Crippen LogP) is 4.13. The molecule has 130 valence electrons. The number of carboxylic acid groups (broad SMARTS) is 1. The summed E-state index contributed by atoms with van der Waals surface area (Å²) in [5, 5.41) is 14.8. The molecule has 0 aliphatic carbocycles. The van der Waals surface area contributed by atoms with Gasteiger partial charge in [-0.25, -0.2) is 0 Å². The number of amides is 1. The van der Waals surface area contributed by atoms with Gasteiger partial charge in [0, 0.05) is 22.9 Å². The molecule has 1 aromatic heterocycles. The Balaban J connectivity index is 1.86. The second kappa shape index (κ2) is 6.24. The van der Waals surface area contributed by atoms with Crippen molar-refractivity contribution in [3.05, 3.63) is 47.7 Å². The van der Waals surface area contributed by atoms with Crippen LogP contribution in [-0.2, 0) is 4.79 Å². The highest BCUT2D eigenvalue weighted by atomic mass is 16.4. The second-order valence-electron chi connectivity index (χ2n) is 6.91. The van der Waals surface area contributed by atoms with Crippen LogP contribution in [0.15, 0.2) is 40.8 Å². The zero-order chi connectivity index (χ0) is 18.2. The van der Waals surface area contributed by atoms with Crippen LogP contribution in [0.4, 0.5) is 0 Å². The first-order valence-corrected chi connectivity index (χ1v) is 8.24. The van der Waals surface area contributed by atoms with Gasteiger partial charge in [0.05, 0.1) is 5.41 Å². The average Bonchev–Trinajstić information content (AvgIpc) is 2.92. The topological polar surface area (TPSA) is 79.5 Å². The highest BCUT2D eigenvalue weighted by Crippen LogP contribution is 2.31. The summed E-state index contributed by atoms with van der Waals surface area (Å²) in [4.78, 5) is 23.6. The van der Waals surface area contributed by atoms with E-state index >= 15 is 0 Å². The number of aryl methyl sites for hydroxylation is 1. The summed E-state index contributed by atoms with van der Waals surface area (Å²) in [5.74, 6) is -0.924. The molecule has 1 heterocycles. The van der Waals surface area contributed by atoms with E-state index in [1.54, 1.807) is 13.8 Å². The lowest BCUT2D eigenvalue weighted by molar-refractivity contribution is -0.147. The molecule has 5 nitrogen and oxygen atoms in total. The Morgan fingerprint density at radius 3 is 2.56 bits per heavy atom. The summed E-state index contributed by atoms with van der Waals surface area (Å²) in [6.07, 6.45) is 0.344. The fourth-order valence-electron chi connectivity index (χ4n) is 2.84. The molecule has 0 spiro atoms. The molecule has 0 aliphatic rings. The van der Waals surface area contributed by atoms with Crippen LogP contribution in [0.1, 0.15) is 36.4 Å². The van der Waals surface area contributed by atoms with Crippen molar-refractivity contribution in [2.45, 2.75) is 27.2 Å². The molecular weight excluding hydrogens is 318 g/mol. The molecule has 0 saturated heterocycles. The Labute approximate surface area is 145 Å². The minimum absolute atomic E-state index is 0.273. The van der Waals surface area contributed by atoms with Crippen LogP contribution in [0.5, 0.6) is 0 Å². The largest absolute Gasteiger partial charge is 0.481 e. The highest BCUT2D eigenvalue weighted by Gasteiger charge is 2.27. The number of aliphatic carboxylic acids is 1. The van der Waals surface area contributed by atoms with E-state index in [0.29, 0.717) is 12.0 Å². The maximum absolute atomic E-state index is 12.5. The minimum Gasteiger partial charge on any atom is -0.481 e. The van der Waals surface area contributed by atoms with Gasteiger partial charge in [0.1, 0.15) is 5.58 Å². The van der Waals surface area contributed by atoms with Crippen molar-refractivity contribution in [2.24, 2.45) is 5.41 Å². The highest BCUT2D eigenvalue weighted by molar-refractivity contribution is 6.08. The number of fused-ring (bicyclic) bond motifs is 3. The number of furan rings is 1. The van der Waals surface area contributed by atoms with E-state index < -0.39 is 11.4 Å². The molecule has 25 heavy (non-hydrogen) atoms. The first-order chi connectivity index (χ1) is 11.8. The van der Waals surface area contributed by atoms with Crippen LogP contribution >= 0.6 is 0 Å². The third-order valence-electron chi connectivity index (χ3n) is 4.65. The van der Waals surface area contributed by atoms with Crippen molar-refractivity contribution in [3.63, 3.8) is 0 Å². The Morgan fingerprint density at radius 1 is 1.12 bits per heavy atom. The molecule has 0 radical (unpaired) electrons. The van der Waals surface area contributed by atoms with Gasteiger partial charge in [-0.1, -0.05) is 36.4 Å². The number of benzene rings is 2. The maximum atomic E-state index is 12.5. The van der Waals surface area contributed by atoms with Gasteiger partial charge in [-0.15, -0.1) is 0 Å². The second-order valence-corrected chi connectivity index (χ2v) is 6.91. The maximum Gasteiger partial charge on any atom is 0.309 e. The lowest BCUT2D eigenvalue weighted by atomic mass is 9.90. The van der Waals surface area contributed by atoms with Gasteiger partial charge in [-0.3, -0.25) is 9.59 Å². The number of nitrogens with one attached hydrogen (secondary N) is 1. The van der Waals surface area contributed by atoms with Crippen molar-refractivity contribution < 1.29 is 19.1 Å². The van der Waals surface area contributed by atoms with Gasteiger partial charge in [-0.05, 0) is 32.6 Å². The third kappa shape index (κ3) is 3.09. The molecule has 0 fully saturated rings. The van der Waals surface area contributed by atoms with Crippen LogP contribution in [0.25, 0.3) is 21.7 Å². The van der Waals surface area contributed by atoms with Crippen molar-refractivity contribution in [3.8, 4) is 0 Å². The monoisotopic (exact) mass is 339 g/mol. The number of carbonyl (C=O) groups excluding carboxylic acids is 1. The van der Waals surface area contributed by atoms with Crippen LogP contribution in [-0.4, -0.2) is 23.5 Å². The lowest BCUT2D eigenvalue weighted by Crippen LogP contribution is -2.32. The normalized spacial score (nSPS) is 11.8. The summed E-state index contributed by atoms with van der Waals surface area (Å²) in [6.45, 7) is 5.41. The van der Waals surface area contributed by atoms with Gasteiger partial charge >= 0.3 is 5.97 Å². The zero-order valence-corrected chi connectivity index (χ0v) is 14.6. The van der Waals surface area contributed by atoms with Gasteiger partial charge in [0.15, 0.2) is 5.76 Å². The molecule has 0 saturated carbocycles. The van der Waals surface area contributed by atoms with Crippen LogP contribution in [0.3, 0.4) is 0 Å². The number of carboxylic acids is 1. The zero-order valence-electron chi connectivity index (χ0n) is 14.6. The van der Waals surface area contributed by atoms with Crippen molar-refractivity contribution in [1.82, 2.24) is 5.32 Å². The van der Waals surface area contributed by atoms with Crippen molar-refractivity contribution in [2.75, 3.05) is 6.54 Å². The molecule has 1 amide bonds. The van der Waals surface area contributed by atoms with E-state index in [-0.39, 0.29) is 18.2 Å². The Morgan fingerprint density at radius 2 is 1.84 bits per heavy atom. The molecule has 0 bridgehead atoms. The van der Waals surface area contributed by atoms with E-state index in [4.69, 9.17) is 9.52 Å². The van der Waals surface area contributed by atoms with Crippen molar-refractivity contribution in [1.29, 1.82) is 0 Å². The van der Waals surface area contributed by atoms with E-state index in [1.165, 1.54) is 0 Å². The van der Waals surface area contributed by atoms with Crippen LogP contribution < -0.4 is 5.32 Å². The van der Waals surface area contributed by atoms with Crippen LogP contribution in [0, 0.1) is 12.3 Å². The predicted molar refractivity (Wildman–Crippen MR) is 96.8 cm³/mol. The summed E-state index contributed by atoms with van der Waals surface area (Å²) in [7, 11) is 0. The van der Waals surface area contributed by atoms with Gasteiger partial charge in [0.2, 0.25) is 0 Å². The fraction of sp³-hybridized carbons (Fsp3) is 0.300. The quantitative estimate of drug-likeness (QED) is 0.732. The number of carbonyl (C=O) groups is 2. The van der Waals surface area contributed by atoms with E-state index in [2.05, 4.69) is 5.32 Å². The van der Waals surface area contributed by atoms with Gasteiger partial charge < -0.3 is 14.8 Å². The summed E-state index contributed by atoms with van der Waals surface area (Å²) >= 11 is 0. The SMILES string of the molecule is Cc1c(C(=O)NCCC(C)(C)C(=O)O)oc2c1ccc1ccccc12. The van der Waals surface area contributed by atoms with Gasteiger partial charge in [-0.2, -0.15) is 0 Å². The van der Waals surface area contributed by atoms with E-state index in [1.807, 2.05) is 43.3 Å². The van der Waals surface area contributed by atoms with Crippen molar-refractivity contribution >= 4 is 33.6 Å². The number of hydrogen-bond acceptors (Lipinski definition) is 3. The van der Waals surface area contributed by atoms with Crippen LogP contribution in [0.2, 0.25) is 0 Å². The first-order valence-electron chi connectivity index (χ1n) is 8.24. The Bertz CT molecular complexity index is 968. The molecular formula is C20H21NO4. The molecule has 5 heteroatoms. The Kier molecular flexibility index (Phi) is 4.25. The van der Waals surface area contributed by atoms with Gasteiger partial charge in [0.25, 0.3) is 5.91 Å². The molecule has 0 atom stereocenters. The lowest BCUT2D eigenvalue weighted by Gasteiger charge is -2.18. The average molecular weight is 339 g/mol. The number of rotatable bonds is 5. The first kappa shape index (κ1) is 17.0. The summed E-state index contributed by atoms with van der Waals surface area (Å²) in [6, 6.07) is 11.8. The fourth-order valence-corrected chi connectivity index (χ4v) is 2.84. The molecule has 0 aliphatic heterocycles. The van der Waals surface area contributed by atoms with E-state index in [9.17, 15) is 9.59 Å². The minimum atomic E-state index is -0.883. The summed E-state index contributed by atoms with van der Waals surface area (Å²) < 4.78 is 5.88. The molecule has 2 aromatic carbocycles. The smallest absolute Gasteiger partial charge is 0.309 e. The molecule has 0 unspecified atom stereocenters. The molecule has 3 aromatic rings. The Hall–Kier alpha value is -2.82. The number of hydrogen-bond donors (Lipinski definition) is 2. The van der Waals surface area contributed by atoms with E-state index in [0.717, 1.165) is 21.7 Å². The third-order valence-corrected chi connectivity index (χ3v) is 4.65. The standard InChI is InChI=1S/C20H21NO4/c1-12-14-9-8-13-6-4-5-7-15(13)17(14)25-16(12)18(22)21-11-10-20(2,3)19(23)24/h4-9H,10-11H2,1-3H3,(H,21,22)(H,23,24). The molecule has 3 rings (SSSR count). The molecule has 2 N–H and O–H groups in total. The summed E-state index contributed by atoms with van der Waals surface area (Å²) in [5.41, 5.74) is 0.606.